The number of nitrogens with zero attached hydrogens (tertiary/aromatic N) is 1. The van der Waals surface area contributed by atoms with Gasteiger partial charge in [-0.3, -0.25) is 4.98 Å². The van der Waals surface area contributed by atoms with Crippen molar-refractivity contribution in [3.63, 3.8) is 0 Å². The minimum atomic E-state index is -0.423. The molecule has 4 nitrogen and oxygen atoms in total. The lowest BCUT2D eigenvalue weighted by Crippen LogP contribution is -1.97. The fraction of sp³-hybridized carbons (Fsp3) is 0.200. The number of rotatable bonds is 2. The van der Waals surface area contributed by atoms with Crippen LogP contribution in [0.1, 0.15) is 11.4 Å². The van der Waals surface area contributed by atoms with E-state index in [-0.39, 0.29) is 0 Å². The molecule has 0 aliphatic heterocycles. The Morgan fingerprint density at radius 3 is 2.93 bits per heavy atom. The average Bonchev–Trinajstić information content (AvgIpc) is 2.19. The van der Waals surface area contributed by atoms with Crippen LogP contribution < -0.4 is 5.73 Å². The molecule has 0 amide bonds. The number of esters is 1. The molecule has 0 aromatic carbocycles. The molecule has 0 unspecified atom stereocenters. The van der Waals surface area contributed by atoms with E-state index in [1.807, 2.05) is 13.0 Å². The van der Waals surface area contributed by atoms with Gasteiger partial charge < -0.3 is 10.5 Å². The number of aryl methyl sites for hydroxylation is 1. The molecule has 0 aliphatic rings. The Balaban J connectivity index is 2.90. The quantitative estimate of drug-likeness (QED) is 0.564. The van der Waals surface area contributed by atoms with Gasteiger partial charge in [-0.25, -0.2) is 4.79 Å². The van der Waals surface area contributed by atoms with Crippen LogP contribution in [0, 0.1) is 6.92 Å². The van der Waals surface area contributed by atoms with Gasteiger partial charge in [0, 0.05) is 11.8 Å². The summed E-state index contributed by atoms with van der Waals surface area (Å²) in [6.07, 6.45) is 2.83. The maximum atomic E-state index is 10.8. The summed E-state index contributed by atoms with van der Waals surface area (Å²) in [6, 6.07) is 3.56. The average molecular weight is 192 g/mol. The van der Waals surface area contributed by atoms with E-state index >= 15 is 0 Å². The van der Waals surface area contributed by atoms with Crippen molar-refractivity contribution in [2.75, 3.05) is 12.8 Å². The lowest BCUT2D eigenvalue weighted by Gasteiger charge is -1.99. The Morgan fingerprint density at radius 2 is 2.29 bits per heavy atom. The van der Waals surface area contributed by atoms with Gasteiger partial charge in [-0.05, 0) is 25.1 Å². The van der Waals surface area contributed by atoms with Gasteiger partial charge in [0.15, 0.2) is 0 Å². The Labute approximate surface area is 82.4 Å². The summed E-state index contributed by atoms with van der Waals surface area (Å²) in [6.45, 7) is 1.86. The number of hydrogen-bond donors (Lipinski definition) is 1. The Bertz CT molecular complexity index is 372. The summed E-state index contributed by atoms with van der Waals surface area (Å²) in [7, 11) is 1.32. The van der Waals surface area contributed by atoms with Gasteiger partial charge in [0.2, 0.25) is 0 Å². The lowest BCUT2D eigenvalue weighted by molar-refractivity contribution is -0.134. The van der Waals surface area contributed by atoms with Crippen LogP contribution in [-0.2, 0) is 9.53 Å². The van der Waals surface area contributed by atoms with Gasteiger partial charge in [0.25, 0.3) is 0 Å². The molecule has 14 heavy (non-hydrogen) atoms. The summed E-state index contributed by atoms with van der Waals surface area (Å²) in [5.74, 6) is -0.423. The molecule has 1 rings (SSSR count). The number of nitrogen functional groups attached to an aromatic ring is 1. The predicted molar refractivity (Wildman–Crippen MR) is 54.4 cm³/mol. The summed E-state index contributed by atoms with van der Waals surface area (Å²) in [5.41, 5.74) is 7.62. The molecule has 0 spiro atoms. The van der Waals surface area contributed by atoms with E-state index in [0.717, 1.165) is 5.69 Å². The Kier molecular flexibility index (Phi) is 3.23. The first-order chi connectivity index (χ1) is 6.63. The normalized spacial score (nSPS) is 10.4. The number of nitrogens with two attached hydrogens (primary N) is 1. The number of carbonyl (C=O) groups excluding carboxylic acids is 1. The van der Waals surface area contributed by atoms with Crippen LogP contribution in [0.2, 0.25) is 0 Å². The monoisotopic (exact) mass is 192 g/mol. The third-order valence-corrected chi connectivity index (χ3v) is 1.68. The highest BCUT2D eigenvalue weighted by Gasteiger charge is 1.98. The lowest BCUT2D eigenvalue weighted by atomic mass is 10.2. The fourth-order valence-electron chi connectivity index (χ4n) is 0.936. The van der Waals surface area contributed by atoms with Gasteiger partial charge in [0.05, 0.1) is 18.5 Å². The maximum absolute atomic E-state index is 10.8. The van der Waals surface area contributed by atoms with Crippen LogP contribution in [0.25, 0.3) is 6.08 Å². The molecule has 1 heterocycles. The van der Waals surface area contributed by atoms with Crippen molar-refractivity contribution in [2.45, 2.75) is 6.92 Å². The van der Waals surface area contributed by atoms with Gasteiger partial charge in [-0.1, -0.05) is 0 Å². The van der Waals surface area contributed by atoms with E-state index in [9.17, 15) is 4.79 Å². The summed E-state index contributed by atoms with van der Waals surface area (Å²) in [5, 5.41) is 0. The number of ether oxygens (including phenoxy) is 1. The molecule has 2 N–H and O–H groups in total. The van der Waals surface area contributed by atoms with Crippen LogP contribution >= 0.6 is 0 Å². The van der Waals surface area contributed by atoms with Crippen LogP contribution in [0.15, 0.2) is 18.2 Å². The first kappa shape index (κ1) is 10.2. The Morgan fingerprint density at radius 1 is 1.57 bits per heavy atom. The highest BCUT2D eigenvalue weighted by atomic mass is 16.5. The maximum Gasteiger partial charge on any atom is 0.330 e. The smallest absolute Gasteiger partial charge is 0.330 e. The first-order valence-corrected chi connectivity index (χ1v) is 4.12. The van der Waals surface area contributed by atoms with E-state index in [0.29, 0.717) is 11.4 Å². The number of pyridine rings is 1. The number of carbonyl (C=O) groups is 1. The second-order valence-corrected chi connectivity index (χ2v) is 2.78. The van der Waals surface area contributed by atoms with Gasteiger partial charge in [-0.15, -0.1) is 0 Å². The van der Waals surface area contributed by atoms with Crippen molar-refractivity contribution in [3.05, 3.63) is 29.6 Å². The molecule has 1 aromatic rings. The van der Waals surface area contributed by atoms with E-state index in [4.69, 9.17) is 5.73 Å². The molecular formula is C10H12N2O2. The van der Waals surface area contributed by atoms with Crippen LogP contribution in [-0.4, -0.2) is 18.1 Å². The largest absolute Gasteiger partial charge is 0.466 e. The summed E-state index contributed by atoms with van der Waals surface area (Å²) < 4.78 is 4.45. The number of methoxy groups -OCH3 is 1. The zero-order chi connectivity index (χ0) is 10.6. The summed E-state index contributed by atoms with van der Waals surface area (Å²) in [4.78, 5) is 15.0. The van der Waals surface area contributed by atoms with E-state index in [2.05, 4.69) is 9.72 Å². The zero-order valence-electron chi connectivity index (χ0n) is 8.15. The SMILES string of the molecule is COC(=O)C=Cc1nc(C)ccc1N. The summed E-state index contributed by atoms with van der Waals surface area (Å²) >= 11 is 0. The van der Waals surface area contributed by atoms with Gasteiger partial charge in [-0.2, -0.15) is 0 Å². The molecule has 0 atom stereocenters. The van der Waals surface area contributed by atoms with E-state index in [1.165, 1.54) is 19.3 Å². The minimum absolute atomic E-state index is 0.423. The molecule has 1 aromatic heterocycles. The predicted octanol–water partition coefficient (Wildman–Crippen LogP) is 1.16. The molecule has 0 saturated carbocycles. The molecule has 0 radical (unpaired) electrons. The highest BCUT2D eigenvalue weighted by Crippen LogP contribution is 2.10. The highest BCUT2D eigenvalue weighted by molar-refractivity contribution is 5.87. The molecule has 74 valence electrons. The third-order valence-electron chi connectivity index (χ3n) is 1.68. The fourth-order valence-corrected chi connectivity index (χ4v) is 0.936. The first-order valence-electron chi connectivity index (χ1n) is 4.12. The number of hydrogen-bond acceptors (Lipinski definition) is 4. The molecule has 0 fully saturated rings. The van der Waals surface area contributed by atoms with Crippen molar-refractivity contribution in [3.8, 4) is 0 Å². The van der Waals surface area contributed by atoms with Crippen molar-refractivity contribution in [1.29, 1.82) is 0 Å². The zero-order valence-corrected chi connectivity index (χ0v) is 8.15. The second kappa shape index (κ2) is 4.41. The van der Waals surface area contributed by atoms with Crippen molar-refractivity contribution >= 4 is 17.7 Å². The van der Waals surface area contributed by atoms with Gasteiger partial charge in [0.1, 0.15) is 0 Å². The molecule has 0 bridgehead atoms. The standard InChI is InChI=1S/C10H12N2O2/c1-7-3-4-8(11)9(12-7)5-6-10(13)14-2/h3-6H,11H2,1-2H3. The number of aromatic nitrogens is 1. The van der Waals surface area contributed by atoms with Crippen LogP contribution in [0.5, 0.6) is 0 Å². The van der Waals surface area contributed by atoms with Crippen molar-refractivity contribution < 1.29 is 9.53 Å². The van der Waals surface area contributed by atoms with E-state index < -0.39 is 5.97 Å². The van der Waals surface area contributed by atoms with Gasteiger partial charge >= 0.3 is 5.97 Å². The van der Waals surface area contributed by atoms with Crippen molar-refractivity contribution in [2.24, 2.45) is 0 Å². The van der Waals surface area contributed by atoms with Crippen LogP contribution in [0.4, 0.5) is 5.69 Å². The number of anilines is 1. The minimum Gasteiger partial charge on any atom is -0.466 e. The van der Waals surface area contributed by atoms with Crippen molar-refractivity contribution in [1.82, 2.24) is 4.98 Å². The molecule has 4 heteroatoms. The molecular weight excluding hydrogens is 180 g/mol. The second-order valence-electron chi connectivity index (χ2n) is 2.78. The third kappa shape index (κ3) is 2.58. The molecule has 0 saturated heterocycles. The Hall–Kier alpha value is -1.84. The van der Waals surface area contributed by atoms with Crippen LogP contribution in [0.3, 0.4) is 0 Å². The van der Waals surface area contributed by atoms with E-state index in [1.54, 1.807) is 6.07 Å². The topological polar surface area (TPSA) is 65.2 Å². The molecule has 0 aliphatic carbocycles.